The van der Waals surface area contributed by atoms with E-state index in [1.54, 1.807) is 6.07 Å². The Bertz CT molecular complexity index is 537. The fraction of sp³-hybridized carbons (Fsp3) is 0.300. The van der Waals surface area contributed by atoms with Crippen molar-refractivity contribution in [3.05, 3.63) is 29.6 Å². The minimum atomic E-state index is -3.73. The van der Waals surface area contributed by atoms with E-state index in [2.05, 4.69) is 4.72 Å². The highest BCUT2D eigenvalue weighted by Gasteiger charge is 2.15. The number of sulfonamides is 1. The lowest BCUT2D eigenvalue weighted by Gasteiger charge is -2.06. The van der Waals surface area contributed by atoms with Crippen LogP contribution in [0.2, 0.25) is 0 Å². The third kappa shape index (κ3) is 3.49. The Morgan fingerprint density at radius 3 is 2.82 bits per heavy atom. The second-order valence-corrected chi connectivity index (χ2v) is 4.91. The molecule has 0 amide bonds. The summed E-state index contributed by atoms with van der Waals surface area (Å²) in [5, 5.41) is 8.60. The first-order chi connectivity index (χ1) is 8.01. The maximum absolute atomic E-state index is 13.0. The molecule has 0 atom stereocenters. The predicted octanol–water partition coefficient (Wildman–Crippen LogP) is 0.622. The first-order valence-electron chi connectivity index (χ1n) is 4.69. The number of hydrogen-bond acceptors (Lipinski definition) is 4. The van der Waals surface area contributed by atoms with Gasteiger partial charge in [0, 0.05) is 13.7 Å². The summed E-state index contributed by atoms with van der Waals surface area (Å²) < 4.78 is 43.3. The van der Waals surface area contributed by atoms with Crippen LogP contribution in [0.15, 0.2) is 23.1 Å². The molecule has 0 saturated heterocycles. The van der Waals surface area contributed by atoms with E-state index in [-0.39, 0.29) is 23.6 Å². The Morgan fingerprint density at radius 1 is 1.53 bits per heavy atom. The van der Waals surface area contributed by atoms with Crippen LogP contribution in [0.5, 0.6) is 0 Å². The molecule has 0 aliphatic rings. The van der Waals surface area contributed by atoms with Gasteiger partial charge in [0.1, 0.15) is 11.9 Å². The number of nitriles is 1. The molecule has 0 aliphatic carbocycles. The van der Waals surface area contributed by atoms with E-state index < -0.39 is 15.8 Å². The van der Waals surface area contributed by atoms with E-state index in [0.717, 1.165) is 18.2 Å². The largest absolute Gasteiger partial charge is 0.383 e. The molecule has 17 heavy (non-hydrogen) atoms. The molecule has 0 bridgehead atoms. The fourth-order valence-corrected chi connectivity index (χ4v) is 2.16. The Balaban J connectivity index is 2.96. The maximum atomic E-state index is 13.0. The van der Waals surface area contributed by atoms with Gasteiger partial charge in [-0.25, -0.2) is 17.5 Å². The average Bonchev–Trinajstić information content (AvgIpc) is 2.29. The first kappa shape index (κ1) is 13.6. The highest BCUT2D eigenvalue weighted by atomic mass is 32.2. The number of benzene rings is 1. The summed E-state index contributed by atoms with van der Waals surface area (Å²) in [7, 11) is -2.29. The summed E-state index contributed by atoms with van der Waals surface area (Å²) in [6.45, 7) is 0.337. The Kier molecular flexibility index (Phi) is 4.57. The van der Waals surface area contributed by atoms with E-state index in [9.17, 15) is 12.8 Å². The Hall–Kier alpha value is -1.49. The van der Waals surface area contributed by atoms with Gasteiger partial charge in [-0.15, -0.1) is 0 Å². The molecule has 0 heterocycles. The number of halogens is 1. The molecular formula is C10H11FN2O3S. The van der Waals surface area contributed by atoms with Gasteiger partial charge in [-0.3, -0.25) is 0 Å². The van der Waals surface area contributed by atoms with E-state index in [1.807, 2.05) is 0 Å². The summed E-state index contributed by atoms with van der Waals surface area (Å²) in [5.74, 6) is -0.747. The minimum Gasteiger partial charge on any atom is -0.383 e. The second kappa shape index (κ2) is 5.72. The standard InChI is InChI=1S/C10H11FN2O3S/c1-16-5-4-13-17(14,15)9-2-3-10(11)8(6-9)7-12/h2-3,6,13H,4-5H2,1H3. The van der Waals surface area contributed by atoms with Crippen LogP contribution < -0.4 is 4.72 Å². The van der Waals surface area contributed by atoms with E-state index in [1.165, 1.54) is 7.11 Å². The van der Waals surface area contributed by atoms with Crippen molar-refractivity contribution in [2.24, 2.45) is 0 Å². The fourth-order valence-electron chi connectivity index (χ4n) is 1.12. The third-order valence-corrected chi connectivity index (χ3v) is 3.43. The average molecular weight is 258 g/mol. The third-order valence-electron chi connectivity index (χ3n) is 1.97. The zero-order valence-corrected chi connectivity index (χ0v) is 9.92. The number of nitrogens with zero attached hydrogens (tertiary/aromatic N) is 1. The molecule has 0 aliphatic heterocycles. The van der Waals surface area contributed by atoms with Crippen LogP contribution in [0.3, 0.4) is 0 Å². The van der Waals surface area contributed by atoms with Crippen molar-refractivity contribution in [3.63, 3.8) is 0 Å². The molecule has 7 heteroatoms. The van der Waals surface area contributed by atoms with E-state index in [4.69, 9.17) is 10.00 Å². The first-order valence-corrected chi connectivity index (χ1v) is 6.18. The minimum absolute atomic E-state index is 0.109. The molecule has 0 unspecified atom stereocenters. The van der Waals surface area contributed by atoms with Crippen LogP contribution in [0.4, 0.5) is 4.39 Å². The van der Waals surface area contributed by atoms with Crippen molar-refractivity contribution in [3.8, 4) is 6.07 Å². The Labute approximate surface area is 98.9 Å². The van der Waals surface area contributed by atoms with Crippen molar-refractivity contribution in [2.75, 3.05) is 20.3 Å². The summed E-state index contributed by atoms with van der Waals surface area (Å²) in [6, 6.07) is 4.62. The zero-order valence-electron chi connectivity index (χ0n) is 9.10. The SMILES string of the molecule is COCCNS(=O)(=O)c1ccc(F)c(C#N)c1. The van der Waals surface area contributed by atoms with E-state index >= 15 is 0 Å². The number of nitrogens with one attached hydrogen (secondary N) is 1. The second-order valence-electron chi connectivity index (χ2n) is 3.14. The number of hydrogen-bond donors (Lipinski definition) is 1. The van der Waals surface area contributed by atoms with Gasteiger partial charge in [0.25, 0.3) is 0 Å². The van der Waals surface area contributed by atoms with Crippen molar-refractivity contribution in [1.29, 1.82) is 5.26 Å². The van der Waals surface area contributed by atoms with Crippen LogP contribution in [0.25, 0.3) is 0 Å². The summed E-state index contributed by atoms with van der Waals surface area (Å²) in [5.41, 5.74) is -0.306. The van der Waals surface area contributed by atoms with Gasteiger partial charge < -0.3 is 4.74 Å². The van der Waals surface area contributed by atoms with Crippen molar-refractivity contribution < 1.29 is 17.5 Å². The predicted molar refractivity (Wildman–Crippen MR) is 58.2 cm³/mol. The monoisotopic (exact) mass is 258 g/mol. The van der Waals surface area contributed by atoms with Crippen molar-refractivity contribution >= 4 is 10.0 Å². The van der Waals surface area contributed by atoms with Gasteiger partial charge >= 0.3 is 0 Å². The summed E-state index contributed by atoms with van der Waals surface area (Å²) >= 11 is 0. The number of ether oxygens (including phenoxy) is 1. The molecular weight excluding hydrogens is 247 g/mol. The van der Waals surface area contributed by atoms with Gasteiger partial charge in [-0.05, 0) is 18.2 Å². The Morgan fingerprint density at radius 2 is 2.24 bits per heavy atom. The van der Waals surface area contributed by atoms with Crippen LogP contribution >= 0.6 is 0 Å². The van der Waals surface area contributed by atoms with Gasteiger partial charge in [-0.2, -0.15) is 5.26 Å². The molecule has 1 aromatic rings. The highest BCUT2D eigenvalue weighted by Crippen LogP contribution is 2.13. The number of rotatable bonds is 5. The van der Waals surface area contributed by atoms with Gasteiger partial charge in [0.2, 0.25) is 10.0 Å². The topological polar surface area (TPSA) is 79.2 Å². The van der Waals surface area contributed by atoms with Crippen LogP contribution in [-0.4, -0.2) is 28.7 Å². The molecule has 92 valence electrons. The van der Waals surface area contributed by atoms with Crippen molar-refractivity contribution in [1.82, 2.24) is 4.72 Å². The lowest BCUT2D eigenvalue weighted by molar-refractivity contribution is 0.204. The summed E-state index contributed by atoms with van der Waals surface area (Å²) in [4.78, 5) is -0.147. The molecule has 5 nitrogen and oxygen atoms in total. The lowest BCUT2D eigenvalue weighted by atomic mass is 10.2. The number of methoxy groups -OCH3 is 1. The maximum Gasteiger partial charge on any atom is 0.240 e. The molecule has 0 fully saturated rings. The molecule has 1 N–H and O–H groups in total. The summed E-state index contributed by atoms with van der Waals surface area (Å²) in [6.07, 6.45) is 0. The molecule has 0 spiro atoms. The van der Waals surface area contributed by atoms with Gasteiger partial charge in [0.15, 0.2) is 0 Å². The molecule has 0 aromatic heterocycles. The van der Waals surface area contributed by atoms with Crippen molar-refractivity contribution in [2.45, 2.75) is 4.90 Å². The van der Waals surface area contributed by atoms with Crippen LogP contribution in [0, 0.1) is 17.1 Å². The highest BCUT2D eigenvalue weighted by molar-refractivity contribution is 7.89. The lowest BCUT2D eigenvalue weighted by Crippen LogP contribution is -2.27. The molecule has 1 aromatic carbocycles. The normalized spacial score (nSPS) is 11.1. The smallest absolute Gasteiger partial charge is 0.240 e. The quantitative estimate of drug-likeness (QED) is 0.785. The molecule has 0 radical (unpaired) electrons. The van der Waals surface area contributed by atoms with Crippen LogP contribution in [0.1, 0.15) is 5.56 Å². The molecule has 0 saturated carbocycles. The van der Waals surface area contributed by atoms with E-state index in [0.29, 0.717) is 0 Å². The van der Waals surface area contributed by atoms with Crippen LogP contribution in [-0.2, 0) is 14.8 Å². The molecule has 1 rings (SSSR count). The van der Waals surface area contributed by atoms with Gasteiger partial charge in [-0.1, -0.05) is 0 Å². The zero-order chi connectivity index (χ0) is 12.9. The van der Waals surface area contributed by atoms with Gasteiger partial charge in [0.05, 0.1) is 17.1 Å².